The third-order valence-corrected chi connectivity index (χ3v) is 5.11. The van der Waals surface area contributed by atoms with Crippen LogP contribution in [0.2, 0.25) is 5.02 Å². The summed E-state index contributed by atoms with van der Waals surface area (Å²) in [5, 5.41) is 3.86. The zero-order valence-electron chi connectivity index (χ0n) is 12.1. The standard InChI is InChI=1S/C14H23ClN2O2S/c1-3-9-16-10-4-11-20(18,19)17(2)12-13-5-7-14(15)8-6-13/h5-8,16H,3-4,9-12H2,1-2H3. The Morgan fingerprint density at radius 1 is 1.20 bits per heavy atom. The Kier molecular flexibility index (Phi) is 7.51. The van der Waals surface area contributed by atoms with Crippen molar-refractivity contribution >= 4 is 21.6 Å². The maximum atomic E-state index is 12.1. The molecule has 0 saturated heterocycles. The average Bonchev–Trinajstić information content (AvgIpc) is 2.41. The Morgan fingerprint density at radius 2 is 1.85 bits per heavy atom. The van der Waals surface area contributed by atoms with Gasteiger partial charge in [0.25, 0.3) is 0 Å². The van der Waals surface area contributed by atoms with Crippen molar-refractivity contribution in [3.8, 4) is 0 Å². The average molecular weight is 319 g/mol. The summed E-state index contributed by atoms with van der Waals surface area (Å²) in [6.07, 6.45) is 1.69. The molecule has 1 N–H and O–H groups in total. The number of nitrogens with zero attached hydrogens (tertiary/aromatic N) is 1. The van der Waals surface area contributed by atoms with E-state index in [0.29, 0.717) is 18.0 Å². The van der Waals surface area contributed by atoms with Crippen LogP contribution in [-0.4, -0.2) is 38.6 Å². The first-order valence-corrected chi connectivity index (χ1v) is 8.83. The summed E-state index contributed by atoms with van der Waals surface area (Å²) in [6.45, 7) is 4.13. The molecule has 0 heterocycles. The minimum atomic E-state index is -3.20. The van der Waals surface area contributed by atoms with Crippen LogP contribution in [0.25, 0.3) is 0 Å². The van der Waals surface area contributed by atoms with Gasteiger partial charge in [-0.2, -0.15) is 0 Å². The second-order valence-electron chi connectivity index (χ2n) is 4.80. The van der Waals surface area contributed by atoms with Gasteiger partial charge in [0, 0.05) is 18.6 Å². The van der Waals surface area contributed by atoms with Gasteiger partial charge in [-0.25, -0.2) is 12.7 Å². The molecule has 0 aliphatic heterocycles. The molecule has 0 atom stereocenters. The molecule has 0 amide bonds. The molecule has 0 bridgehead atoms. The molecule has 0 aromatic heterocycles. The van der Waals surface area contributed by atoms with Gasteiger partial charge >= 0.3 is 0 Å². The predicted molar refractivity (Wildman–Crippen MR) is 84.5 cm³/mol. The van der Waals surface area contributed by atoms with Crippen LogP contribution in [0.5, 0.6) is 0 Å². The lowest BCUT2D eigenvalue weighted by Gasteiger charge is -2.17. The summed E-state index contributed by atoms with van der Waals surface area (Å²) in [5.74, 6) is 0.174. The van der Waals surface area contributed by atoms with E-state index < -0.39 is 10.0 Å². The highest BCUT2D eigenvalue weighted by atomic mass is 35.5. The number of rotatable bonds is 9. The van der Waals surface area contributed by atoms with Gasteiger partial charge in [0.15, 0.2) is 0 Å². The molecule has 0 fully saturated rings. The van der Waals surface area contributed by atoms with E-state index in [1.165, 1.54) is 4.31 Å². The molecule has 1 aromatic carbocycles. The molecular weight excluding hydrogens is 296 g/mol. The monoisotopic (exact) mass is 318 g/mol. The second-order valence-corrected chi connectivity index (χ2v) is 7.43. The van der Waals surface area contributed by atoms with Crippen molar-refractivity contribution in [3.63, 3.8) is 0 Å². The van der Waals surface area contributed by atoms with Crippen molar-refractivity contribution in [2.45, 2.75) is 26.3 Å². The van der Waals surface area contributed by atoms with Gasteiger partial charge in [0.05, 0.1) is 5.75 Å². The van der Waals surface area contributed by atoms with Gasteiger partial charge in [-0.15, -0.1) is 0 Å². The third kappa shape index (κ3) is 6.22. The number of halogens is 1. The summed E-state index contributed by atoms with van der Waals surface area (Å²) < 4.78 is 25.6. The third-order valence-electron chi connectivity index (χ3n) is 2.98. The predicted octanol–water partition coefficient (Wildman–Crippen LogP) is 2.49. The maximum absolute atomic E-state index is 12.1. The van der Waals surface area contributed by atoms with Crippen LogP contribution >= 0.6 is 11.6 Å². The van der Waals surface area contributed by atoms with Gasteiger partial charge in [0.1, 0.15) is 0 Å². The van der Waals surface area contributed by atoms with Gasteiger partial charge in [0.2, 0.25) is 10.0 Å². The first kappa shape index (κ1) is 17.4. The summed E-state index contributed by atoms with van der Waals surface area (Å²) >= 11 is 5.81. The van der Waals surface area contributed by atoms with Crippen molar-refractivity contribution < 1.29 is 8.42 Å². The Hall–Kier alpha value is -0.620. The van der Waals surface area contributed by atoms with E-state index in [-0.39, 0.29) is 5.75 Å². The molecule has 0 aliphatic rings. The molecule has 0 spiro atoms. The van der Waals surface area contributed by atoms with Crippen molar-refractivity contribution in [3.05, 3.63) is 34.9 Å². The molecule has 4 nitrogen and oxygen atoms in total. The van der Waals surface area contributed by atoms with Crippen molar-refractivity contribution in [1.82, 2.24) is 9.62 Å². The van der Waals surface area contributed by atoms with E-state index in [4.69, 9.17) is 11.6 Å². The number of hydrogen-bond donors (Lipinski definition) is 1. The Balaban J connectivity index is 2.44. The quantitative estimate of drug-likeness (QED) is 0.712. The molecule has 20 heavy (non-hydrogen) atoms. The molecule has 6 heteroatoms. The summed E-state index contributed by atoms with van der Waals surface area (Å²) in [5.41, 5.74) is 0.935. The molecule has 0 saturated carbocycles. The number of hydrogen-bond acceptors (Lipinski definition) is 3. The Labute approximate surface area is 127 Å². The lowest BCUT2D eigenvalue weighted by molar-refractivity contribution is 0.464. The number of nitrogens with one attached hydrogen (secondary N) is 1. The van der Waals surface area contributed by atoms with E-state index >= 15 is 0 Å². The molecule has 1 rings (SSSR count). The largest absolute Gasteiger partial charge is 0.317 e. The SMILES string of the molecule is CCCNCCCS(=O)(=O)N(C)Cc1ccc(Cl)cc1. The van der Waals surface area contributed by atoms with Crippen LogP contribution in [-0.2, 0) is 16.6 Å². The Morgan fingerprint density at radius 3 is 2.45 bits per heavy atom. The minimum absolute atomic E-state index is 0.174. The fraction of sp³-hybridized carbons (Fsp3) is 0.571. The topological polar surface area (TPSA) is 49.4 Å². The van der Waals surface area contributed by atoms with Crippen LogP contribution in [0, 0.1) is 0 Å². The van der Waals surface area contributed by atoms with Gasteiger partial charge < -0.3 is 5.32 Å². The lowest BCUT2D eigenvalue weighted by atomic mass is 10.2. The molecule has 1 aromatic rings. The van der Waals surface area contributed by atoms with Gasteiger partial charge in [-0.05, 0) is 43.6 Å². The Bertz CT molecular complexity index is 488. The van der Waals surface area contributed by atoms with Crippen LogP contribution in [0.1, 0.15) is 25.3 Å². The summed E-state index contributed by atoms with van der Waals surface area (Å²) in [6, 6.07) is 7.23. The van der Waals surface area contributed by atoms with Gasteiger partial charge in [-0.3, -0.25) is 0 Å². The minimum Gasteiger partial charge on any atom is -0.317 e. The highest BCUT2D eigenvalue weighted by molar-refractivity contribution is 7.89. The van der Waals surface area contributed by atoms with Crippen LogP contribution in [0.4, 0.5) is 0 Å². The van der Waals surface area contributed by atoms with Gasteiger partial charge in [-0.1, -0.05) is 30.7 Å². The smallest absolute Gasteiger partial charge is 0.214 e. The van der Waals surface area contributed by atoms with E-state index in [2.05, 4.69) is 12.2 Å². The highest BCUT2D eigenvalue weighted by Crippen LogP contribution is 2.12. The number of benzene rings is 1. The van der Waals surface area contributed by atoms with E-state index in [1.807, 2.05) is 12.1 Å². The number of sulfonamides is 1. The first-order valence-electron chi connectivity index (χ1n) is 6.85. The second kappa shape index (κ2) is 8.62. The van der Waals surface area contributed by atoms with Crippen LogP contribution in [0.3, 0.4) is 0 Å². The van der Waals surface area contributed by atoms with E-state index in [0.717, 1.165) is 25.1 Å². The molecule has 0 radical (unpaired) electrons. The summed E-state index contributed by atoms with van der Waals surface area (Å²) in [4.78, 5) is 0. The van der Waals surface area contributed by atoms with E-state index in [9.17, 15) is 8.42 Å². The summed E-state index contributed by atoms with van der Waals surface area (Å²) in [7, 11) is -1.58. The van der Waals surface area contributed by atoms with Crippen molar-refractivity contribution in [2.75, 3.05) is 25.9 Å². The lowest BCUT2D eigenvalue weighted by Crippen LogP contribution is -2.30. The van der Waals surface area contributed by atoms with Crippen molar-refractivity contribution in [1.29, 1.82) is 0 Å². The maximum Gasteiger partial charge on any atom is 0.214 e. The van der Waals surface area contributed by atoms with Crippen LogP contribution < -0.4 is 5.32 Å². The zero-order chi connectivity index (χ0) is 15.0. The first-order chi connectivity index (χ1) is 9.45. The molecule has 114 valence electrons. The van der Waals surface area contributed by atoms with E-state index in [1.54, 1.807) is 19.2 Å². The zero-order valence-corrected chi connectivity index (χ0v) is 13.7. The fourth-order valence-electron chi connectivity index (χ4n) is 1.78. The van der Waals surface area contributed by atoms with Crippen molar-refractivity contribution in [2.24, 2.45) is 0 Å². The fourth-order valence-corrected chi connectivity index (χ4v) is 3.08. The molecule has 0 unspecified atom stereocenters. The molecule has 0 aliphatic carbocycles. The highest BCUT2D eigenvalue weighted by Gasteiger charge is 2.17. The molecular formula is C14H23ClN2O2S. The normalized spacial score (nSPS) is 12.0. The van der Waals surface area contributed by atoms with Crippen LogP contribution in [0.15, 0.2) is 24.3 Å².